The number of imide groups is 1. The van der Waals surface area contributed by atoms with Gasteiger partial charge in [0.1, 0.15) is 11.2 Å². The first kappa shape index (κ1) is 16.4. The highest BCUT2D eigenvalue weighted by Crippen LogP contribution is 2.33. The van der Waals surface area contributed by atoms with E-state index >= 15 is 0 Å². The maximum absolute atomic E-state index is 12.6. The molecule has 3 rings (SSSR count). The molecule has 7 nitrogen and oxygen atoms in total. The van der Waals surface area contributed by atoms with Crippen LogP contribution in [0.1, 0.15) is 42.2 Å². The van der Waals surface area contributed by atoms with Crippen molar-refractivity contribution in [3.63, 3.8) is 0 Å². The van der Waals surface area contributed by atoms with Crippen molar-refractivity contribution < 1.29 is 14.4 Å². The molecule has 0 spiro atoms. The number of amides is 4. The van der Waals surface area contributed by atoms with E-state index in [0.717, 1.165) is 5.56 Å². The number of nitrogens with one attached hydrogen (secondary N) is 2. The van der Waals surface area contributed by atoms with Crippen LogP contribution in [0.5, 0.6) is 0 Å². The monoisotopic (exact) mass is 330 g/mol. The first-order valence-electron chi connectivity index (χ1n) is 8.32. The van der Waals surface area contributed by atoms with Gasteiger partial charge in [0.05, 0.1) is 0 Å². The predicted octanol–water partition coefficient (Wildman–Crippen LogP) is 1.23. The number of rotatable bonds is 3. The number of pyridine rings is 1. The van der Waals surface area contributed by atoms with Crippen LogP contribution >= 0.6 is 0 Å². The van der Waals surface area contributed by atoms with Gasteiger partial charge in [-0.2, -0.15) is 0 Å². The van der Waals surface area contributed by atoms with Gasteiger partial charge in [0.15, 0.2) is 0 Å². The molecule has 2 aliphatic rings. The van der Waals surface area contributed by atoms with E-state index in [0.29, 0.717) is 38.0 Å². The van der Waals surface area contributed by atoms with Gasteiger partial charge in [-0.3, -0.25) is 19.9 Å². The van der Waals surface area contributed by atoms with Gasteiger partial charge in [0.2, 0.25) is 0 Å². The lowest BCUT2D eigenvalue weighted by Gasteiger charge is -2.40. The van der Waals surface area contributed by atoms with Crippen LogP contribution in [0, 0.1) is 12.8 Å². The van der Waals surface area contributed by atoms with E-state index in [9.17, 15) is 14.4 Å². The van der Waals surface area contributed by atoms with Gasteiger partial charge in [0.25, 0.3) is 11.8 Å². The molecule has 3 heterocycles. The summed E-state index contributed by atoms with van der Waals surface area (Å²) in [5.41, 5.74) is 0.498. The summed E-state index contributed by atoms with van der Waals surface area (Å²) in [5, 5.41) is 5.15. The number of piperidine rings is 1. The largest absolute Gasteiger partial charge is 0.337 e. The van der Waals surface area contributed by atoms with Crippen LogP contribution in [0.25, 0.3) is 0 Å². The topological polar surface area (TPSA) is 91.4 Å². The standard InChI is InChI=1S/C17H22N4O3/c1-3-17(15(23)19-16(24)20-17)12-6-9-21(10-7-12)14(22)13-11(2)5-4-8-18-13/h4-5,8,12H,3,6-7,9-10H2,1-2H3,(H2,19,20,23,24). The molecule has 0 aliphatic carbocycles. The third-order valence-corrected chi connectivity index (χ3v) is 5.22. The second-order valence-electron chi connectivity index (χ2n) is 6.47. The number of carbonyl (C=O) groups is 3. The Morgan fingerprint density at radius 3 is 2.62 bits per heavy atom. The zero-order valence-electron chi connectivity index (χ0n) is 14.0. The molecule has 2 fully saturated rings. The second-order valence-corrected chi connectivity index (χ2v) is 6.47. The zero-order chi connectivity index (χ0) is 17.3. The van der Waals surface area contributed by atoms with Crippen molar-refractivity contribution in [1.82, 2.24) is 20.5 Å². The van der Waals surface area contributed by atoms with Crippen molar-refractivity contribution in [2.24, 2.45) is 5.92 Å². The Hall–Kier alpha value is -2.44. The molecule has 1 unspecified atom stereocenters. The molecule has 0 radical (unpaired) electrons. The van der Waals surface area contributed by atoms with Gasteiger partial charge in [-0.15, -0.1) is 0 Å². The Balaban J connectivity index is 1.70. The van der Waals surface area contributed by atoms with Crippen molar-refractivity contribution in [2.45, 2.75) is 38.6 Å². The molecule has 1 aromatic rings. The molecule has 0 aromatic carbocycles. The number of carbonyl (C=O) groups excluding carboxylic acids is 3. The van der Waals surface area contributed by atoms with Crippen LogP contribution in [0.4, 0.5) is 4.79 Å². The minimum Gasteiger partial charge on any atom is -0.337 e. The quantitative estimate of drug-likeness (QED) is 0.816. The van der Waals surface area contributed by atoms with Crippen molar-refractivity contribution in [2.75, 3.05) is 13.1 Å². The summed E-state index contributed by atoms with van der Waals surface area (Å²) in [6.45, 7) is 4.90. The van der Waals surface area contributed by atoms with Gasteiger partial charge in [0, 0.05) is 19.3 Å². The first-order valence-corrected chi connectivity index (χ1v) is 8.32. The molecule has 7 heteroatoms. The molecule has 24 heavy (non-hydrogen) atoms. The molecular formula is C17H22N4O3. The number of hydrogen-bond acceptors (Lipinski definition) is 4. The predicted molar refractivity (Wildman–Crippen MR) is 87.3 cm³/mol. The van der Waals surface area contributed by atoms with Gasteiger partial charge in [-0.05, 0) is 43.7 Å². The summed E-state index contributed by atoms with van der Waals surface area (Å²) in [6, 6.07) is 3.26. The van der Waals surface area contributed by atoms with E-state index in [-0.39, 0.29) is 17.7 Å². The number of nitrogens with zero attached hydrogens (tertiary/aromatic N) is 2. The lowest BCUT2D eigenvalue weighted by Crippen LogP contribution is -2.56. The van der Waals surface area contributed by atoms with Crippen LogP contribution in [-0.2, 0) is 4.79 Å². The Morgan fingerprint density at radius 2 is 2.08 bits per heavy atom. The maximum atomic E-state index is 12.6. The Bertz CT molecular complexity index is 682. The highest BCUT2D eigenvalue weighted by atomic mass is 16.2. The van der Waals surface area contributed by atoms with Crippen molar-refractivity contribution in [3.8, 4) is 0 Å². The molecule has 0 bridgehead atoms. The Labute approximate surface area is 140 Å². The molecule has 2 aliphatic heterocycles. The molecule has 0 saturated carbocycles. The molecule has 1 atom stereocenters. The van der Waals surface area contributed by atoms with Crippen molar-refractivity contribution in [1.29, 1.82) is 0 Å². The van der Waals surface area contributed by atoms with Gasteiger partial charge in [-0.1, -0.05) is 13.0 Å². The lowest BCUT2D eigenvalue weighted by atomic mass is 9.76. The molecule has 1 aromatic heterocycles. The minimum absolute atomic E-state index is 0.0304. The molecule has 128 valence electrons. The van der Waals surface area contributed by atoms with Gasteiger partial charge >= 0.3 is 6.03 Å². The average molecular weight is 330 g/mol. The molecular weight excluding hydrogens is 308 g/mol. The SMILES string of the molecule is CCC1(C2CCN(C(=O)c3ncccc3C)CC2)NC(=O)NC1=O. The third-order valence-electron chi connectivity index (χ3n) is 5.22. The van der Waals surface area contributed by atoms with Gasteiger partial charge < -0.3 is 10.2 Å². The number of urea groups is 1. The second kappa shape index (κ2) is 6.22. The number of aryl methyl sites for hydroxylation is 1. The van der Waals surface area contributed by atoms with Crippen LogP contribution in [-0.4, -0.2) is 46.4 Å². The van der Waals surface area contributed by atoms with E-state index in [1.165, 1.54) is 0 Å². The molecule has 4 amide bonds. The summed E-state index contributed by atoms with van der Waals surface area (Å²) in [6.07, 6.45) is 3.53. The number of likely N-dealkylation sites (tertiary alicyclic amines) is 1. The maximum Gasteiger partial charge on any atom is 0.322 e. The first-order chi connectivity index (χ1) is 11.5. The normalized spacial score (nSPS) is 24.7. The van der Waals surface area contributed by atoms with E-state index in [2.05, 4.69) is 15.6 Å². The summed E-state index contributed by atoms with van der Waals surface area (Å²) in [5.74, 6) is -0.291. The van der Waals surface area contributed by atoms with E-state index < -0.39 is 11.6 Å². The van der Waals surface area contributed by atoms with Crippen LogP contribution in [0.2, 0.25) is 0 Å². The average Bonchev–Trinajstić information content (AvgIpc) is 2.89. The number of aromatic nitrogens is 1. The fraction of sp³-hybridized carbons (Fsp3) is 0.529. The Morgan fingerprint density at radius 1 is 1.38 bits per heavy atom. The summed E-state index contributed by atoms with van der Waals surface area (Å²) >= 11 is 0. The fourth-order valence-corrected chi connectivity index (χ4v) is 3.77. The minimum atomic E-state index is -0.840. The highest BCUT2D eigenvalue weighted by molar-refractivity contribution is 6.07. The van der Waals surface area contributed by atoms with Crippen LogP contribution in [0.3, 0.4) is 0 Å². The summed E-state index contributed by atoms with van der Waals surface area (Å²) in [7, 11) is 0. The fourth-order valence-electron chi connectivity index (χ4n) is 3.77. The molecule has 2 N–H and O–H groups in total. The van der Waals surface area contributed by atoms with Crippen molar-refractivity contribution in [3.05, 3.63) is 29.6 Å². The Kier molecular flexibility index (Phi) is 4.26. The van der Waals surface area contributed by atoms with E-state index in [4.69, 9.17) is 0 Å². The third kappa shape index (κ3) is 2.64. The summed E-state index contributed by atoms with van der Waals surface area (Å²) in [4.78, 5) is 42.4. The summed E-state index contributed by atoms with van der Waals surface area (Å²) < 4.78 is 0. The zero-order valence-corrected chi connectivity index (χ0v) is 14.0. The highest BCUT2D eigenvalue weighted by Gasteiger charge is 2.51. The van der Waals surface area contributed by atoms with Crippen molar-refractivity contribution >= 4 is 17.8 Å². The van der Waals surface area contributed by atoms with E-state index in [1.807, 2.05) is 26.0 Å². The molecule has 2 saturated heterocycles. The van der Waals surface area contributed by atoms with Gasteiger partial charge in [-0.25, -0.2) is 4.79 Å². The van der Waals surface area contributed by atoms with E-state index in [1.54, 1.807) is 11.1 Å². The number of hydrogen-bond donors (Lipinski definition) is 2. The van der Waals surface area contributed by atoms with Crippen LogP contribution in [0.15, 0.2) is 18.3 Å². The lowest BCUT2D eigenvalue weighted by molar-refractivity contribution is -0.126. The van der Waals surface area contributed by atoms with Crippen LogP contribution < -0.4 is 10.6 Å². The smallest absolute Gasteiger partial charge is 0.322 e.